The smallest absolute Gasteiger partial charge is 0.237 e. The molecule has 0 saturated carbocycles. The van der Waals surface area contributed by atoms with E-state index >= 15 is 0 Å². The van der Waals surface area contributed by atoms with Crippen LogP contribution in [0.1, 0.15) is 39.5 Å². The number of hydrogen-bond acceptors (Lipinski definition) is 4. The molecule has 0 aliphatic carbocycles. The molecule has 0 aromatic heterocycles. The summed E-state index contributed by atoms with van der Waals surface area (Å²) in [4.78, 5) is 14.7. The Morgan fingerprint density at radius 1 is 1.35 bits per heavy atom. The lowest BCUT2D eigenvalue weighted by Crippen LogP contribution is -2.50. The van der Waals surface area contributed by atoms with Crippen molar-refractivity contribution in [3.8, 4) is 0 Å². The van der Waals surface area contributed by atoms with Gasteiger partial charge in [0, 0.05) is 25.8 Å². The molecular formula is C15H28N2O3. The number of rotatable bonds is 5. The number of aliphatic hydroxyl groups excluding tert-OH is 1. The highest BCUT2D eigenvalue weighted by molar-refractivity contribution is 5.82. The van der Waals surface area contributed by atoms with Crippen LogP contribution in [0.4, 0.5) is 0 Å². The number of amides is 1. The van der Waals surface area contributed by atoms with Crippen LogP contribution in [0.5, 0.6) is 0 Å². The maximum Gasteiger partial charge on any atom is 0.237 e. The van der Waals surface area contributed by atoms with E-state index in [-0.39, 0.29) is 17.9 Å². The van der Waals surface area contributed by atoms with Gasteiger partial charge in [0.15, 0.2) is 0 Å². The fraction of sp³-hybridized carbons (Fsp3) is 0.933. The van der Waals surface area contributed by atoms with Crippen molar-refractivity contribution >= 4 is 5.91 Å². The number of aliphatic hydroxyl groups is 1. The molecule has 0 radical (unpaired) electrons. The van der Waals surface area contributed by atoms with Crippen molar-refractivity contribution in [3.63, 3.8) is 0 Å². The summed E-state index contributed by atoms with van der Waals surface area (Å²) in [5, 5.41) is 12.7. The molecule has 116 valence electrons. The molecule has 2 saturated heterocycles. The summed E-state index contributed by atoms with van der Waals surface area (Å²) in [6.07, 6.45) is 3.61. The standard InChI is InChI=1S/C15H28N2O3/c1-11(2)14(18)10-16-15(19)13-4-3-7-17(13)12-5-8-20-9-6-12/h11-14,18H,3-10H2,1-2H3,(H,16,19). The monoisotopic (exact) mass is 284 g/mol. The van der Waals surface area contributed by atoms with Gasteiger partial charge in [0.1, 0.15) is 0 Å². The second kappa shape index (κ2) is 7.38. The lowest BCUT2D eigenvalue weighted by Gasteiger charge is -2.34. The molecule has 20 heavy (non-hydrogen) atoms. The molecule has 0 aromatic carbocycles. The van der Waals surface area contributed by atoms with Gasteiger partial charge in [0.05, 0.1) is 12.1 Å². The molecule has 2 rings (SSSR count). The predicted octanol–water partition coefficient (Wildman–Crippen LogP) is 0.763. The van der Waals surface area contributed by atoms with E-state index in [4.69, 9.17) is 4.74 Å². The van der Waals surface area contributed by atoms with E-state index in [0.29, 0.717) is 12.6 Å². The van der Waals surface area contributed by atoms with Gasteiger partial charge in [-0.2, -0.15) is 0 Å². The first-order chi connectivity index (χ1) is 9.59. The van der Waals surface area contributed by atoms with Crippen LogP contribution in [0.2, 0.25) is 0 Å². The van der Waals surface area contributed by atoms with Gasteiger partial charge in [-0.1, -0.05) is 13.8 Å². The zero-order valence-corrected chi connectivity index (χ0v) is 12.7. The van der Waals surface area contributed by atoms with Crippen molar-refractivity contribution in [3.05, 3.63) is 0 Å². The lowest BCUT2D eigenvalue weighted by molar-refractivity contribution is -0.127. The van der Waals surface area contributed by atoms with Gasteiger partial charge in [-0.15, -0.1) is 0 Å². The summed E-state index contributed by atoms with van der Waals surface area (Å²) in [6.45, 7) is 6.90. The Kier molecular flexibility index (Phi) is 5.81. The summed E-state index contributed by atoms with van der Waals surface area (Å²) >= 11 is 0. The minimum atomic E-state index is -0.461. The highest BCUT2D eigenvalue weighted by Crippen LogP contribution is 2.25. The molecule has 5 nitrogen and oxygen atoms in total. The van der Waals surface area contributed by atoms with Crippen molar-refractivity contribution in [2.75, 3.05) is 26.3 Å². The first kappa shape index (κ1) is 15.7. The van der Waals surface area contributed by atoms with Crippen molar-refractivity contribution in [2.24, 2.45) is 5.92 Å². The Morgan fingerprint density at radius 3 is 2.70 bits per heavy atom. The Hall–Kier alpha value is -0.650. The summed E-state index contributed by atoms with van der Waals surface area (Å²) in [5.74, 6) is 0.249. The van der Waals surface area contributed by atoms with Gasteiger partial charge < -0.3 is 15.2 Å². The second-order valence-corrected chi connectivity index (χ2v) is 6.30. The minimum Gasteiger partial charge on any atom is -0.391 e. The summed E-state index contributed by atoms with van der Waals surface area (Å²) in [6, 6.07) is 0.467. The Morgan fingerprint density at radius 2 is 2.05 bits per heavy atom. The quantitative estimate of drug-likeness (QED) is 0.782. The van der Waals surface area contributed by atoms with Gasteiger partial charge in [-0.05, 0) is 38.1 Å². The van der Waals surface area contributed by atoms with Crippen molar-refractivity contribution < 1.29 is 14.6 Å². The number of carbonyl (C=O) groups excluding carboxylic acids is 1. The van der Waals surface area contributed by atoms with Crippen LogP contribution in [0, 0.1) is 5.92 Å². The van der Waals surface area contributed by atoms with Crippen LogP contribution in [0.15, 0.2) is 0 Å². The zero-order valence-electron chi connectivity index (χ0n) is 12.7. The molecule has 0 spiro atoms. The normalized spacial score (nSPS) is 26.9. The van der Waals surface area contributed by atoms with E-state index in [2.05, 4.69) is 10.2 Å². The van der Waals surface area contributed by atoms with Crippen LogP contribution in [0.3, 0.4) is 0 Å². The van der Waals surface area contributed by atoms with Gasteiger partial charge in [0.25, 0.3) is 0 Å². The van der Waals surface area contributed by atoms with Crippen LogP contribution >= 0.6 is 0 Å². The molecular weight excluding hydrogens is 256 g/mol. The van der Waals surface area contributed by atoms with E-state index in [1.165, 1.54) is 0 Å². The molecule has 0 bridgehead atoms. The highest BCUT2D eigenvalue weighted by atomic mass is 16.5. The van der Waals surface area contributed by atoms with Crippen molar-refractivity contribution in [2.45, 2.75) is 57.7 Å². The topological polar surface area (TPSA) is 61.8 Å². The Labute approximate surface area is 121 Å². The number of likely N-dealkylation sites (tertiary alicyclic amines) is 1. The summed E-state index contributed by atoms with van der Waals surface area (Å²) in [7, 11) is 0. The maximum atomic E-state index is 12.3. The van der Waals surface area contributed by atoms with E-state index in [1.807, 2.05) is 13.8 Å². The van der Waals surface area contributed by atoms with E-state index < -0.39 is 6.10 Å². The largest absolute Gasteiger partial charge is 0.391 e. The van der Waals surface area contributed by atoms with Gasteiger partial charge in [-0.25, -0.2) is 0 Å². The third kappa shape index (κ3) is 3.93. The highest BCUT2D eigenvalue weighted by Gasteiger charge is 2.35. The third-order valence-electron chi connectivity index (χ3n) is 4.51. The SMILES string of the molecule is CC(C)C(O)CNC(=O)C1CCCN1C1CCOCC1. The molecule has 1 amide bonds. The second-order valence-electron chi connectivity index (χ2n) is 6.30. The molecule has 2 N–H and O–H groups in total. The van der Waals surface area contributed by atoms with Crippen molar-refractivity contribution in [1.29, 1.82) is 0 Å². The van der Waals surface area contributed by atoms with Crippen molar-refractivity contribution in [1.82, 2.24) is 10.2 Å². The number of carbonyl (C=O) groups is 1. The molecule has 2 heterocycles. The van der Waals surface area contributed by atoms with Crippen LogP contribution < -0.4 is 5.32 Å². The van der Waals surface area contributed by atoms with Crippen LogP contribution in [-0.4, -0.2) is 60.4 Å². The first-order valence-corrected chi connectivity index (χ1v) is 7.89. The average molecular weight is 284 g/mol. The van der Waals surface area contributed by atoms with Crippen LogP contribution in [0.25, 0.3) is 0 Å². The fourth-order valence-corrected chi connectivity index (χ4v) is 3.08. The van der Waals surface area contributed by atoms with E-state index in [9.17, 15) is 9.90 Å². The van der Waals surface area contributed by atoms with Gasteiger partial charge in [-0.3, -0.25) is 9.69 Å². The molecule has 0 aromatic rings. The maximum absolute atomic E-state index is 12.3. The fourth-order valence-electron chi connectivity index (χ4n) is 3.08. The first-order valence-electron chi connectivity index (χ1n) is 7.89. The van der Waals surface area contributed by atoms with E-state index in [1.54, 1.807) is 0 Å². The van der Waals surface area contributed by atoms with Gasteiger partial charge in [0.2, 0.25) is 5.91 Å². The number of hydrogen-bond donors (Lipinski definition) is 2. The zero-order chi connectivity index (χ0) is 14.5. The summed E-state index contributed by atoms with van der Waals surface area (Å²) < 4.78 is 5.40. The summed E-state index contributed by atoms with van der Waals surface area (Å²) in [5.41, 5.74) is 0. The number of ether oxygens (including phenoxy) is 1. The van der Waals surface area contributed by atoms with E-state index in [0.717, 1.165) is 45.4 Å². The molecule has 2 atom stereocenters. The Bertz CT molecular complexity index is 316. The predicted molar refractivity (Wildman–Crippen MR) is 77.4 cm³/mol. The molecule has 2 unspecified atom stereocenters. The third-order valence-corrected chi connectivity index (χ3v) is 4.51. The Balaban J connectivity index is 1.84. The molecule has 5 heteroatoms. The molecule has 2 aliphatic heterocycles. The number of nitrogens with zero attached hydrogens (tertiary/aromatic N) is 1. The van der Waals surface area contributed by atoms with Crippen LogP contribution in [-0.2, 0) is 9.53 Å². The lowest BCUT2D eigenvalue weighted by atomic mass is 10.0. The minimum absolute atomic E-state index is 0.0162. The molecule has 2 fully saturated rings. The molecule has 2 aliphatic rings. The van der Waals surface area contributed by atoms with Gasteiger partial charge >= 0.3 is 0 Å². The number of nitrogens with one attached hydrogen (secondary N) is 1. The average Bonchev–Trinajstić information content (AvgIpc) is 2.94.